The maximum Gasteiger partial charge on any atom is 0.320 e. The minimum Gasteiger partial charge on any atom is -0.468 e. The zero-order chi connectivity index (χ0) is 11.8. The summed E-state index contributed by atoms with van der Waals surface area (Å²) in [5.74, 6) is -2.26. The second-order valence-electron chi connectivity index (χ2n) is 3.21. The largest absolute Gasteiger partial charge is 0.468 e. The fourth-order valence-electron chi connectivity index (χ4n) is 1.45. The molecule has 0 aliphatic carbocycles. The molecule has 0 aliphatic heterocycles. The van der Waals surface area contributed by atoms with Crippen LogP contribution in [0.15, 0.2) is 12.7 Å². The van der Waals surface area contributed by atoms with Crippen LogP contribution in [0.5, 0.6) is 0 Å². The number of hydrogen-bond acceptors (Lipinski definition) is 4. The molecule has 0 aromatic heterocycles. The molecule has 86 valence electrons. The predicted molar refractivity (Wildman–Crippen MR) is 56.1 cm³/mol. The molecule has 0 aromatic carbocycles. The van der Waals surface area contributed by atoms with Crippen molar-refractivity contribution in [2.24, 2.45) is 11.8 Å². The molecule has 0 spiro atoms. The van der Waals surface area contributed by atoms with Gasteiger partial charge in [0, 0.05) is 5.92 Å². The van der Waals surface area contributed by atoms with E-state index in [1.54, 1.807) is 6.08 Å². The van der Waals surface area contributed by atoms with Crippen LogP contribution in [0.25, 0.3) is 0 Å². The summed E-state index contributed by atoms with van der Waals surface area (Å²) in [6.45, 7) is 5.59. The summed E-state index contributed by atoms with van der Waals surface area (Å²) in [5, 5.41) is 0. The van der Waals surface area contributed by atoms with Crippen LogP contribution in [0.3, 0.4) is 0 Å². The molecule has 0 bridgehead atoms. The van der Waals surface area contributed by atoms with Crippen LogP contribution in [0.4, 0.5) is 0 Å². The van der Waals surface area contributed by atoms with Crippen molar-refractivity contribution in [2.75, 3.05) is 14.2 Å². The minimum atomic E-state index is -0.891. The first-order valence-corrected chi connectivity index (χ1v) is 4.90. The number of hydrogen-bond donors (Lipinski definition) is 0. The first-order valence-electron chi connectivity index (χ1n) is 4.90. The first-order chi connectivity index (χ1) is 7.12. The average molecular weight is 214 g/mol. The van der Waals surface area contributed by atoms with E-state index in [9.17, 15) is 9.59 Å². The number of carbonyl (C=O) groups excluding carboxylic acids is 2. The molecule has 15 heavy (non-hydrogen) atoms. The fourth-order valence-corrected chi connectivity index (χ4v) is 1.45. The molecule has 0 rings (SSSR count). The maximum atomic E-state index is 11.4. The van der Waals surface area contributed by atoms with Crippen molar-refractivity contribution < 1.29 is 19.1 Å². The van der Waals surface area contributed by atoms with Crippen molar-refractivity contribution in [1.29, 1.82) is 0 Å². The van der Waals surface area contributed by atoms with E-state index in [0.29, 0.717) is 6.42 Å². The topological polar surface area (TPSA) is 52.6 Å². The van der Waals surface area contributed by atoms with Gasteiger partial charge in [0.2, 0.25) is 0 Å². The first kappa shape index (κ1) is 13.7. The summed E-state index contributed by atoms with van der Waals surface area (Å²) in [5.41, 5.74) is 0. The van der Waals surface area contributed by atoms with Crippen LogP contribution in [0.2, 0.25) is 0 Å². The number of allylic oxidation sites excluding steroid dienone is 1. The maximum absolute atomic E-state index is 11.4. The van der Waals surface area contributed by atoms with Gasteiger partial charge in [-0.1, -0.05) is 19.4 Å². The Hall–Kier alpha value is -1.32. The van der Waals surface area contributed by atoms with Crippen molar-refractivity contribution in [3.8, 4) is 0 Å². The van der Waals surface area contributed by atoms with Gasteiger partial charge in [0.15, 0.2) is 5.92 Å². The quantitative estimate of drug-likeness (QED) is 0.382. The molecule has 0 fully saturated rings. The highest BCUT2D eigenvalue weighted by molar-refractivity contribution is 5.95. The lowest BCUT2D eigenvalue weighted by Gasteiger charge is -2.19. The molecular formula is C11H18O4. The van der Waals surface area contributed by atoms with Crippen LogP contribution in [-0.4, -0.2) is 26.2 Å². The molecule has 0 saturated heterocycles. The van der Waals surface area contributed by atoms with E-state index in [4.69, 9.17) is 0 Å². The van der Waals surface area contributed by atoms with Gasteiger partial charge >= 0.3 is 11.9 Å². The van der Waals surface area contributed by atoms with Crippen LogP contribution in [-0.2, 0) is 19.1 Å². The lowest BCUT2D eigenvalue weighted by molar-refractivity contribution is -0.160. The fraction of sp³-hybridized carbons (Fsp3) is 0.636. The second-order valence-corrected chi connectivity index (χ2v) is 3.21. The Kier molecular flexibility index (Phi) is 6.42. The molecule has 0 amide bonds. The van der Waals surface area contributed by atoms with E-state index in [-0.39, 0.29) is 5.92 Å². The van der Waals surface area contributed by atoms with Gasteiger partial charge in [-0.05, 0) is 6.42 Å². The molecule has 4 heteroatoms. The number of rotatable bonds is 6. The van der Waals surface area contributed by atoms with Crippen LogP contribution in [0, 0.1) is 11.8 Å². The third kappa shape index (κ3) is 3.73. The molecule has 0 heterocycles. The Morgan fingerprint density at radius 1 is 1.27 bits per heavy atom. The van der Waals surface area contributed by atoms with E-state index in [1.165, 1.54) is 14.2 Å². The lowest BCUT2D eigenvalue weighted by atomic mass is 9.88. The number of ether oxygens (including phenoxy) is 2. The number of methoxy groups -OCH3 is 2. The minimum absolute atomic E-state index is 0.227. The van der Waals surface area contributed by atoms with Gasteiger partial charge in [0.1, 0.15) is 0 Å². The van der Waals surface area contributed by atoms with Crippen molar-refractivity contribution in [3.05, 3.63) is 12.7 Å². The van der Waals surface area contributed by atoms with Gasteiger partial charge in [0.25, 0.3) is 0 Å². The summed E-state index contributed by atoms with van der Waals surface area (Å²) in [6, 6.07) is 0. The zero-order valence-corrected chi connectivity index (χ0v) is 9.49. The third-order valence-corrected chi connectivity index (χ3v) is 2.26. The summed E-state index contributed by atoms with van der Waals surface area (Å²) < 4.78 is 9.15. The van der Waals surface area contributed by atoms with Crippen molar-refractivity contribution in [1.82, 2.24) is 0 Å². The number of esters is 2. The molecular weight excluding hydrogens is 196 g/mol. The summed E-state index contributed by atoms with van der Waals surface area (Å²) in [7, 11) is 2.51. The molecule has 0 radical (unpaired) electrons. The Morgan fingerprint density at radius 2 is 1.73 bits per heavy atom. The van der Waals surface area contributed by atoms with Gasteiger partial charge < -0.3 is 9.47 Å². The Bertz CT molecular complexity index is 219. The van der Waals surface area contributed by atoms with Gasteiger partial charge in [-0.2, -0.15) is 0 Å². The zero-order valence-electron chi connectivity index (χ0n) is 9.49. The Balaban J connectivity index is 4.80. The molecule has 0 aromatic rings. The number of carbonyl (C=O) groups is 2. The summed E-state index contributed by atoms with van der Waals surface area (Å²) in [6.07, 6.45) is 3.17. The normalized spacial score (nSPS) is 12.0. The molecule has 0 saturated carbocycles. The molecule has 1 atom stereocenters. The van der Waals surface area contributed by atoms with Crippen molar-refractivity contribution >= 4 is 11.9 Å². The van der Waals surface area contributed by atoms with Gasteiger partial charge in [-0.3, -0.25) is 9.59 Å². The van der Waals surface area contributed by atoms with Gasteiger partial charge in [-0.15, -0.1) is 6.58 Å². The average Bonchev–Trinajstić information content (AvgIpc) is 2.27. The van der Waals surface area contributed by atoms with E-state index >= 15 is 0 Å². The standard InChI is InChI=1S/C11H18O4/c1-5-7-8(6-2)9(10(12)14-3)11(13)15-4/h6,8-9H,2,5,7H2,1,3-4H3. The van der Waals surface area contributed by atoms with Crippen LogP contribution < -0.4 is 0 Å². The smallest absolute Gasteiger partial charge is 0.320 e. The third-order valence-electron chi connectivity index (χ3n) is 2.26. The Morgan fingerprint density at radius 3 is 2.00 bits per heavy atom. The van der Waals surface area contributed by atoms with Gasteiger partial charge in [-0.25, -0.2) is 0 Å². The molecule has 4 nitrogen and oxygen atoms in total. The lowest BCUT2D eigenvalue weighted by Crippen LogP contribution is -2.32. The summed E-state index contributed by atoms with van der Waals surface area (Å²) in [4.78, 5) is 22.8. The van der Waals surface area contributed by atoms with E-state index in [2.05, 4.69) is 16.1 Å². The highest BCUT2D eigenvalue weighted by atomic mass is 16.5. The van der Waals surface area contributed by atoms with Crippen molar-refractivity contribution in [2.45, 2.75) is 19.8 Å². The summed E-state index contributed by atoms with van der Waals surface area (Å²) >= 11 is 0. The second kappa shape index (κ2) is 7.04. The molecule has 0 N–H and O–H groups in total. The van der Waals surface area contributed by atoms with Crippen LogP contribution >= 0.6 is 0 Å². The van der Waals surface area contributed by atoms with E-state index in [0.717, 1.165) is 6.42 Å². The van der Waals surface area contributed by atoms with Gasteiger partial charge in [0.05, 0.1) is 14.2 Å². The Labute approximate surface area is 90.2 Å². The van der Waals surface area contributed by atoms with Crippen molar-refractivity contribution in [3.63, 3.8) is 0 Å². The highest BCUT2D eigenvalue weighted by Crippen LogP contribution is 2.21. The monoisotopic (exact) mass is 214 g/mol. The highest BCUT2D eigenvalue weighted by Gasteiger charge is 2.34. The molecule has 0 aliphatic rings. The van der Waals surface area contributed by atoms with Crippen LogP contribution in [0.1, 0.15) is 19.8 Å². The van der Waals surface area contributed by atoms with E-state index in [1.807, 2.05) is 6.92 Å². The predicted octanol–water partition coefficient (Wildman–Crippen LogP) is 1.55. The van der Waals surface area contributed by atoms with E-state index < -0.39 is 17.9 Å². The SMILES string of the molecule is C=CC(CCC)C(C(=O)OC)C(=O)OC. The molecule has 1 unspecified atom stereocenters.